The lowest BCUT2D eigenvalue weighted by atomic mass is 10.2. The van der Waals surface area contributed by atoms with E-state index in [1.807, 2.05) is 32.6 Å². The number of nitrogens with one attached hydrogen (secondary N) is 1. The van der Waals surface area contributed by atoms with Crippen molar-refractivity contribution in [3.05, 3.63) is 0 Å². The maximum absolute atomic E-state index is 11.7. The molecule has 0 saturated carbocycles. The monoisotopic (exact) mass is 242 g/mol. The van der Waals surface area contributed by atoms with Crippen molar-refractivity contribution in [2.45, 2.75) is 45.8 Å². The Morgan fingerprint density at radius 2 is 2.18 bits per heavy atom. The number of likely N-dealkylation sites (N-methyl/N-ethyl adjacent to an activating group) is 1. The van der Waals surface area contributed by atoms with Crippen LogP contribution >= 0.6 is 0 Å². The molecular formula is C12H22N2O3. The minimum absolute atomic E-state index is 0.00964. The number of esters is 1. The molecule has 0 aliphatic carbocycles. The molecule has 5 nitrogen and oxygen atoms in total. The maximum atomic E-state index is 11.7. The van der Waals surface area contributed by atoms with Crippen LogP contribution in [0.4, 0.5) is 0 Å². The molecule has 17 heavy (non-hydrogen) atoms. The van der Waals surface area contributed by atoms with Gasteiger partial charge in [-0.15, -0.1) is 0 Å². The number of carbonyl (C=O) groups excluding carboxylic acids is 2. The summed E-state index contributed by atoms with van der Waals surface area (Å²) in [6.45, 7) is 8.98. The molecule has 1 aliphatic heterocycles. The van der Waals surface area contributed by atoms with Gasteiger partial charge in [0.05, 0.1) is 12.6 Å². The second-order valence-electron chi connectivity index (χ2n) is 5.25. The predicted octanol–water partition coefficient (Wildman–Crippen LogP) is 0.539. The molecule has 98 valence electrons. The van der Waals surface area contributed by atoms with Crippen LogP contribution in [0.1, 0.15) is 34.1 Å². The Hall–Kier alpha value is -1.10. The van der Waals surface area contributed by atoms with Crippen molar-refractivity contribution in [3.8, 4) is 0 Å². The quantitative estimate of drug-likeness (QED) is 0.731. The maximum Gasteiger partial charge on any atom is 0.320 e. The molecule has 1 unspecified atom stereocenters. The van der Waals surface area contributed by atoms with Crippen molar-refractivity contribution >= 4 is 11.9 Å². The fourth-order valence-electron chi connectivity index (χ4n) is 1.91. The van der Waals surface area contributed by atoms with Crippen LogP contribution in [0.2, 0.25) is 0 Å². The summed E-state index contributed by atoms with van der Waals surface area (Å²) in [5.74, 6) is -0.269. The van der Waals surface area contributed by atoms with Gasteiger partial charge in [-0.25, -0.2) is 0 Å². The number of hydrogen-bond donors (Lipinski definition) is 1. The van der Waals surface area contributed by atoms with Crippen molar-refractivity contribution in [3.63, 3.8) is 0 Å². The van der Waals surface area contributed by atoms with Gasteiger partial charge in [-0.1, -0.05) is 6.92 Å². The molecule has 1 aliphatic rings. The van der Waals surface area contributed by atoms with E-state index in [9.17, 15) is 9.59 Å². The second kappa shape index (κ2) is 5.49. The highest BCUT2D eigenvalue weighted by atomic mass is 16.6. The zero-order valence-corrected chi connectivity index (χ0v) is 11.1. The zero-order valence-electron chi connectivity index (χ0n) is 11.1. The van der Waals surface area contributed by atoms with Gasteiger partial charge in [-0.3, -0.25) is 14.5 Å². The summed E-state index contributed by atoms with van der Waals surface area (Å²) in [5.41, 5.74) is -0.478. The van der Waals surface area contributed by atoms with E-state index in [1.54, 1.807) is 0 Å². The molecule has 1 N–H and O–H groups in total. The van der Waals surface area contributed by atoms with Crippen molar-refractivity contribution in [1.29, 1.82) is 0 Å². The summed E-state index contributed by atoms with van der Waals surface area (Å²) in [5, 5.41) is 2.77. The van der Waals surface area contributed by atoms with Gasteiger partial charge in [0.2, 0.25) is 5.91 Å². The fraction of sp³-hybridized carbons (Fsp3) is 0.833. The number of hydrogen-bond acceptors (Lipinski definition) is 4. The SMILES string of the molecule is CCN(CC(=O)OC(C)(C)C)C1CCNC1=O. The van der Waals surface area contributed by atoms with Crippen LogP contribution in [0.5, 0.6) is 0 Å². The molecule has 5 heteroatoms. The highest BCUT2D eigenvalue weighted by Gasteiger charge is 2.31. The van der Waals surface area contributed by atoms with Gasteiger partial charge in [0.1, 0.15) is 5.60 Å². The average molecular weight is 242 g/mol. The Kier molecular flexibility index (Phi) is 4.51. The van der Waals surface area contributed by atoms with Crippen LogP contribution < -0.4 is 5.32 Å². The number of rotatable bonds is 4. The second-order valence-corrected chi connectivity index (χ2v) is 5.25. The first kappa shape index (κ1) is 14.0. The van der Waals surface area contributed by atoms with Crippen LogP contribution in [-0.4, -0.2) is 48.1 Å². The lowest BCUT2D eigenvalue weighted by molar-refractivity contribution is -0.156. The van der Waals surface area contributed by atoms with Gasteiger partial charge < -0.3 is 10.1 Å². The van der Waals surface area contributed by atoms with Crippen LogP contribution in [0.15, 0.2) is 0 Å². The Morgan fingerprint density at radius 3 is 2.59 bits per heavy atom. The molecule has 0 radical (unpaired) electrons. The van der Waals surface area contributed by atoms with E-state index in [2.05, 4.69) is 5.32 Å². The fourth-order valence-corrected chi connectivity index (χ4v) is 1.91. The molecule has 1 saturated heterocycles. The summed E-state index contributed by atoms with van der Waals surface area (Å²) in [6, 6.07) is -0.187. The molecule has 0 aromatic carbocycles. The third-order valence-corrected chi connectivity index (χ3v) is 2.62. The summed E-state index contributed by atoms with van der Waals surface area (Å²) >= 11 is 0. The van der Waals surface area contributed by atoms with Gasteiger partial charge in [0.25, 0.3) is 0 Å². The van der Waals surface area contributed by atoms with Crippen molar-refractivity contribution in [2.24, 2.45) is 0 Å². The zero-order chi connectivity index (χ0) is 13.1. The average Bonchev–Trinajstić information content (AvgIpc) is 2.58. The van der Waals surface area contributed by atoms with Crippen LogP contribution in [0.25, 0.3) is 0 Å². The Balaban J connectivity index is 2.52. The molecule has 1 heterocycles. The number of nitrogens with zero attached hydrogens (tertiary/aromatic N) is 1. The largest absolute Gasteiger partial charge is 0.459 e. The first-order valence-electron chi connectivity index (χ1n) is 6.07. The number of carbonyl (C=O) groups is 2. The van der Waals surface area contributed by atoms with Gasteiger partial charge in [-0.05, 0) is 33.7 Å². The van der Waals surface area contributed by atoms with Crippen molar-refractivity contribution in [1.82, 2.24) is 10.2 Å². The lowest BCUT2D eigenvalue weighted by Crippen LogP contribution is -2.44. The first-order valence-corrected chi connectivity index (χ1v) is 6.07. The molecule has 1 rings (SSSR count). The molecular weight excluding hydrogens is 220 g/mol. The molecule has 1 atom stereocenters. The minimum atomic E-state index is -0.478. The summed E-state index contributed by atoms with van der Waals surface area (Å²) < 4.78 is 5.25. The molecule has 0 aromatic heterocycles. The normalized spacial score (nSPS) is 20.5. The Labute approximate surface area is 102 Å². The molecule has 0 spiro atoms. The first-order chi connectivity index (χ1) is 7.83. The number of amides is 1. The molecule has 1 fully saturated rings. The summed E-state index contributed by atoms with van der Waals surface area (Å²) in [7, 11) is 0. The van der Waals surface area contributed by atoms with E-state index in [4.69, 9.17) is 4.74 Å². The van der Waals surface area contributed by atoms with E-state index in [0.717, 1.165) is 6.42 Å². The van der Waals surface area contributed by atoms with Gasteiger partial charge in [-0.2, -0.15) is 0 Å². The Bertz CT molecular complexity index is 297. The lowest BCUT2D eigenvalue weighted by Gasteiger charge is -2.26. The molecule has 1 amide bonds. The topological polar surface area (TPSA) is 58.6 Å². The van der Waals surface area contributed by atoms with Gasteiger partial charge in [0, 0.05) is 6.54 Å². The third-order valence-electron chi connectivity index (χ3n) is 2.62. The van der Waals surface area contributed by atoms with Crippen LogP contribution in [0.3, 0.4) is 0 Å². The third kappa shape index (κ3) is 4.34. The van der Waals surface area contributed by atoms with E-state index in [-0.39, 0.29) is 24.5 Å². The van der Waals surface area contributed by atoms with Gasteiger partial charge in [0.15, 0.2) is 0 Å². The minimum Gasteiger partial charge on any atom is -0.459 e. The van der Waals surface area contributed by atoms with Crippen LogP contribution in [0, 0.1) is 0 Å². The van der Waals surface area contributed by atoms with Gasteiger partial charge >= 0.3 is 5.97 Å². The highest BCUT2D eigenvalue weighted by Crippen LogP contribution is 2.12. The molecule has 0 bridgehead atoms. The van der Waals surface area contributed by atoms with Crippen molar-refractivity contribution in [2.75, 3.05) is 19.6 Å². The predicted molar refractivity (Wildman–Crippen MR) is 64.5 cm³/mol. The standard InChI is InChI=1S/C12H22N2O3/c1-5-14(9-6-7-13-11(9)16)8-10(15)17-12(2,3)4/h9H,5-8H2,1-4H3,(H,13,16). The van der Waals surface area contributed by atoms with E-state index < -0.39 is 5.60 Å². The molecule has 0 aromatic rings. The summed E-state index contributed by atoms with van der Waals surface area (Å²) in [4.78, 5) is 25.1. The summed E-state index contributed by atoms with van der Waals surface area (Å²) in [6.07, 6.45) is 0.759. The highest BCUT2D eigenvalue weighted by molar-refractivity contribution is 5.84. The van der Waals surface area contributed by atoms with Crippen LogP contribution in [-0.2, 0) is 14.3 Å². The van der Waals surface area contributed by atoms with Crippen molar-refractivity contribution < 1.29 is 14.3 Å². The number of ether oxygens (including phenoxy) is 1. The van der Waals surface area contributed by atoms with E-state index in [0.29, 0.717) is 13.1 Å². The van der Waals surface area contributed by atoms with E-state index in [1.165, 1.54) is 0 Å². The Morgan fingerprint density at radius 1 is 1.53 bits per heavy atom. The smallest absolute Gasteiger partial charge is 0.320 e. The van der Waals surface area contributed by atoms with E-state index >= 15 is 0 Å².